The average molecular weight is 322 g/mol. The number of hydrogen-bond donors (Lipinski definition) is 2. The minimum absolute atomic E-state index is 0.220. The highest BCUT2D eigenvalue weighted by molar-refractivity contribution is 5.93. The summed E-state index contributed by atoms with van der Waals surface area (Å²) in [7, 11) is 0. The Labute approximate surface area is 137 Å². The highest BCUT2D eigenvalue weighted by atomic mass is 19.1. The van der Waals surface area contributed by atoms with E-state index in [-0.39, 0.29) is 11.6 Å². The van der Waals surface area contributed by atoms with Crippen LogP contribution in [0.1, 0.15) is 22.4 Å². The predicted octanol–water partition coefficient (Wildman–Crippen LogP) is 3.20. The van der Waals surface area contributed by atoms with Crippen LogP contribution in [0.15, 0.2) is 18.2 Å². The molecule has 120 valence electrons. The number of pyridine rings is 1. The molecule has 1 aliphatic heterocycles. The van der Waals surface area contributed by atoms with Gasteiger partial charge < -0.3 is 15.5 Å². The van der Waals surface area contributed by atoms with Gasteiger partial charge in [-0.05, 0) is 30.7 Å². The molecule has 0 bridgehead atoms. The number of nitriles is 1. The number of rotatable bonds is 1. The van der Waals surface area contributed by atoms with Crippen molar-refractivity contribution in [3.63, 3.8) is 0 Å². The van der Waals surface area contributed by atoms with E-state index in [1.165, 1.54) is 12.1 Å². The second kappa shape index (κ2) is 5.32. The van der Waals surface area contributed by atoms with Gasteiger partial charge in [0.25, 0.3) is 0 Å². The predicted molar refractivity (Wildman–Crippen MR) is 88.7 cm³/mol. The van der Waals surface area contributed by atoms with E-state index < -0.39 is 0 Å². The maximum absolute atomic E-state index is 13.6. The topological polar surface area (TPSA) is 87.7 Å². The van der Waals surface area contributed by atoms with Crippen LogP contribution in [0.5, 0.6) is 0 Å². The second-order valence-electron chi connectivity index (χ2n) is 5.90. The fourth-order valence-corrected chi connectivity index (χ4v) is 3.34. The van der Waals surface area contributed by atoms with Gasteiger partial charge in [-0.1, -0.05) is 0 Å². The molecule has 3 N–H and O–H groups in total. The number of fused-ring (bicyclic) bond motifs is 2. The molecule has 0 amide bonds. The van der Waals surface area contributed by atoms with Crippen molar-refractivity contribution < 1.29 is 9.13 Å². The molecule has 1 aromatic carbocycles. The number of nitrogens with two attached hydrogens (primary N) is 1. The normalized spacial score (nSPS) is 13.7. The van der Waals surface area contributed by atoms with Gasteiger partial charge in [-0.2, -0.15) is 5.26 Å². The van der Waals surface area contributed by atoms with Gasteiger partial charge in [-0.25, -0.2) is 9.37 Å². The quantitative estimate of drug-likeness (QED) is 0.720. The van der Waals surface area contributed by atoms with E-state index in [0.29, 0.717) is 30.8 Å². The first-order chi connectivity index (χ1) is 11.6. The molecular formula is C18H15FN4O. The van der Waals surface area contributed by atoms with Crippen LogP contribution < -0.4 is 5.73 Å². The summed E-state index contributed by atoms with van der Waals surface area (Å²) in [6, 6.07) is 6.75. The number of benzene rings is 1. The van der Waals surface area contributed by atoms with Gasteiger partial charge in [-0.3, -0.25) is 0 Å². The summed E-state index contributed by atoms with van der Waals surface area (Å²) in [4.78, 5) is 7.67. The smallest absolute Gasteiger partial charge is 0.142 e. The van der Waals surface area contributed by atoms with Gasteiger partial charge in [-0.15, -0.1) is 0 Å². The molecule has 2 aromatic heterocycles. The third kappa shape index (κ3) is 2.06. The zero-order chi connectivity index (χ0) is 16.8. The van der Waals surface area contributed by atoms with Crippen molar-refractivity contribution in [1.82, 2.24) is 9.97 Å². The average Bonchev–Trinajstić information content (AvgIpc) is 2.90. The van der Waals surface area contributed by atoms with Crippen molar-refractivity contribution in [3.8, 4) is 17.3 Å². The minimum atomic E-state index is -0.295. The van der Waals surface area contributed by atoms with Crippen molar-refractivity contribution in [1.29, 1.82) is 5.26 Å². The number of halogens is 1. The van der Waals surface area contributed by atoms with Crippen LogP contribution >= 0.6 is 0 Å². The molecule has 0 saturated carbocycles. The lowest BCUT2D eigenvalue weighted by molar-refractivity contribution is 0.109. The number of aryl methyl sites for hydroxylation is 1. The van der Waals surface area contributed by atoms with Gasteiger partial charge in [0.05, 0.1) is 24.6 Å². The third-order valence-corrected chi connectivity index (χ3v) is 4.52. The summed E-state index contributed by atoms with van der Waals surface area (Å²) in [5, 5.41) is 10.4. The van der Waals surface area contributed by atoms with Crippen LogP contribution in [0.3, 0.4) is 0 Å². The van der Waals surface area contributed by atoms with Gasteiger partial charge in [0.15, 0.2) is 0 Å². The molecule has 0 radical (unpaired) electrons. The zero-order valence-electron chi connectivity index (χ0n) is 13.1. The molecule has 0 spiro atoms. The summed E-state index contributed by atoms with van der Waals surface area (Å²) in [6.07, 6.45) is 0.659. The fourth-order valence-electron chi connectivity index (χ4n) is 3.34. The number of aromatic nitrogens is 2. The van der Waals surface area contributed by atoms with E-state index in [0.717, 1.165) is 33.4 Å². The molecule has 6 heteroatoms. The fraction of sp³-hybridized carbons (Fsp3) is 0.222. The molecule has 4 rings (SSSR count). The van der Waals surface area contributed by atoms with E-state index in [2.05, 4.69) is 16.0 Å². The minimum Gasteiger partial charge on any atom is -0.383 e. The number of aromatic amines is 1. The standard InChI is InChI=1S/C18H15FN4O/c1-9-11-6-10(19)2-3-14(11)22-17(9)16-12(7-20)18(21)23-15-4-5-24-8-13(15)16/h2-3,6,22H,4-5,8H2,1H3,(H2,21,23). The number of hydrogen-bond acceptors (Lipinski definition) is 4. The van der Waals surface area contributed by atoms with Crippen molar-refractivity contribution in [2.45, 2.75) is 20.0 Å². The molecule has 0 fully saturated rings. The zero-order valence-corrected chi connectivity index (χ0v) is 13.1. The number of nitrogen functional groups attached to an aromatic ring is 1. The largest absolute Gasteiger partial charge is 0.383 e. The molecular weight excluding hydrogens is 307 g/mol. The first kappa shape index (κ1) is 14.7. The van der Waals surface area contributed by atoms with Crippen LogP contribution in [-0.4, -0.2) is 16.6 Å². The molecule has 1 aliphatic rings. The van der Waals surface area contributed by atoms with Crippen molar-refractivity contribution >= 4 is 16.7 Å². The molecule has 3 heterocycles. The molecule has 0 atom stereocenters. The van der Waals surface area contributed by atoms with Crippen LogP contribution in [0.2, 0.25) is 0 Å². The highest BCUT2D eigenvalue weighted by Crippen LogP contribution is 2.38. The number of ether oxygens (including phenoxy) is 1. The Kier molecular flexibility index (Phi) is 3.25. The van der Waals surface area contributed by atoms with E-state index >= 15 is 0 Å². The van der Waals surface area contributed by atoms with E-state index in [1.54, 1.807) is 6.07 Å². The number of nitrogens with one attached hydrogen (secondary N) is 1. The van der Waals surface area contributed by atoms with Gasteiger partial charge in [0, 0.05) is 28.5 Å². The molecule has 3 aromatic rings. The number of nitrogens with zero attached hydrogens (tertiary/aromatic N) is 2. The van der Waals surface area contributed by atoms with Gasteiger partial charge in [0.1, 0.15) is 23.3 Å². The Morgan fingerprint density at radius 1 is 1.42 bits per heavy atom. The first-order valence-electron chi connectivity index (χ1n) is 7.67. The third-order valence-electron chi connectivity index (χ3n) is 4.52. The summed E-state index contributed by atoms with van der Waals surface area (Å²) in [5.41, 5.74) is 11.2. The van der Waals surface area contributed by atoms with Gasteiger partial charge in [0.2, 0.25) is 0 Å². The molecule has 0 saturated heterocycles. The van der Waals surface area contributed by atoms with E-state index in [9.17, 15) is 9.65 Å². The molecule has 0 unspecified atom stereocenters. The first-order valence-corrected chi connectivity index (χ1v) is 7.67. The lowest BCUT2D eigenvalue weighted by Crippen LogP contribution is -2.16. The number of anilines is 1. The monoisotopic (exact) mass is 322 g/mol. The van der Waals surface area contributed by atoms with Crippen molar-refractivity contribution in [2.24, 2.45) is 0 Å². The summed E-state index contributed by atoms with van der Waals surface area (Å²) in [6.45, 7) is 2.87. The molecule has 5 nitrogen and oxygen atoms in total. The highest BCUT2D eigenvalue weighted by Gasteiger charge is 2.25. The second-order valence-corrected chi connectivity index (χ2v) is 5.90. The van der Waals surface area contributed by atoms with Gasteiger partial charge >= 0.3 is 0 Å². The Morgan fingerprint density at radius 3 is 3.04 bits per heavy atom. The lowest BCUT2D eigenvalue weighted by atomic mass is 9.94. The number of H-pyrrole nitrogens is 1. The molecule has 0 aliphatic carbocycles. The maximum atomic E-state index is 13.6. The summed E-state index contributed by atoms with van der Waals surface area (Å²) in [5.74, 6) is -0.0753. The van der Waals surface area contributed by atoms with Crippen LogP contribution in [0.25, 0.3) is 22.2 Å². The van der Waals surface area contributed by atoms with Crippen LogP contribution in [-0.2, 0) is 17.8 Å². The maximum Gasteiger partial charge on any atom is 0.142 e. The molecule has 24 heavy (non-hydrogen) atoms. The summed E-state index contributed by atoms with van der Waals surface area (Å²) < 4.78 is 19.2. The van der Waals surface area contributed by atoms with E-state index in [4.69, 9.17) is 10.5 Å². The van der Waals surface area contributed by atoms with Crippen LogP contribution in [0.4, 0.5) is 10.2 Å². The van der Waals surface area contributed by atoms with Crippen molar-refractivity contribution in [3.05, 3.63) is 46.4 Å². The Balaban J connectivity index is 2.08. The van der Waals surface area contributed by atoms with Crippen molar-refractivity contribution in [2.75, 3.05) is 12.3 Å². The van der Waals surface area contributed by atoms with Crippen LogP contribution in [0, 0.1) is 24.1 Å². The van der Waals surface area contributed by atoms with E-state index in [1.807, 2.05) is 6.92 Å². The Hall–Kier alpha value is -2.91. The summed E-state index contributed by atoms with van der Waals surface area (Å²) >= 11 is 0. The Bertz CT molecular complexity index is 1020. The lowest BCUT2D eigenvalue weighted by Gasteiger charge is -2.21. The SMILES string of the molecule is Cc1c(-c2c(C#N)c(N)nc3c2COCC3)[nH]c2ccc(F)cc12. The Morgan fingerprint density at radius 2 is 2.25 bits per heavy atom.